The lowest BCUT2D eigenvalue weighted by molar-refractivity contribution is -0.116. The summed E-state index contributed by atoms with van der Waals surface area (Å²) >= 11 is 0. The third-order valence-corrected chi connectivity index (χ3v) is 5.27. The van der Waals surface area contributed by atoms with E-state index in [-0.39, 0.29) is 11.8 Å². The second-order valence-corrected chi connectivity index (χ2v) is 7.34. The first-order chi connectivity index (χ1) is 14.1. The van der Waals surface area contributed by atoms with Crippen molar-refractivity contribution in [1.82, 2.24) is 10.6 Å². The van der Waals surface area contributed by atoms with E-state index in [9.17, 15) is 4.79 Å². The molecule has 0 saturated carbocycles. The Balaban J connectivity index is 1.52. The number of benzene rings is 2. The summed E-state index contributed by atoms with van der Waals surface area (Å²) in [5.74, 6) is 0.960. The average Bonchev–Trinajstić information content (AvgIpc) is 2.73. The van der Waals surface area contributed by atoms with Crippen molar-refractivity contribution in [2.75, 3.05) is 43.4 Å². The van der Waals surface area contributed by atoms with Crippen molar-refractivity contribution in [3.63, 3.8) is 0 Å². The van der Waals surface area contributed by atoms with Crippen LogP contribution in [0.2, 0.25) is 0 Å². The van der Waals surface area contributed by atoms with E-state index in [1.165, 1.54) is 16.8 Å². The molecule has 1 aliphatic heterocycles. The standard InChI is InChI=1S/C23H31N5O/c1-4-28(19-9-7-8-17(2)14-19)13-12-25-23(24-3)26-16-18-15-22(29)27-21-11-6-5-10-20(18)21/h5-11,14,18H,4,12-13,15-16H2,1-3H3,(H,27,29)(H2,24,25,26). The summed E-state index contributed by atoms with van der Waals surface area (Å²) in [7, 11) is 1.77. The zero-order valence-electron chi connectivity index (χ0n) is 17.5. The molecule has 0 radical (unpaired) electrons. The lowest BCUT2D eigenvalue weighted by Gasteiger charge is -2.27. The fourth-order valence-electron chi connectivity index (χ4n) is 3.73. The Morgan fingerprint density at radius 2 is 2.03 bits per heavy atom. The highest BCUT2D eigenvalue weighted by Gasteiger charge is 2.24. The summed E-state index contributed by atoms with van der Waals surface area (Å²) in [4.78, 5) is 18.7. The number of para-hydroxylation sites is 1. The van der Waals surface area contributed by atoms with Crippen molar-refractivity contribution >= 4 is 23.2 Å². The number of anilines is 2. The number of carbonyl (C=O) groups is 1. The lowest BCUT2D eigenvalue weighted by atomic mass is 9.90. The van der Waals surface area contributed by atoms with Gasteiger partial charge in [-0.15, -0.1) is 0 Å². The first kappa shape index (κ1) is 20.7. The van der Waals surface area contributed by atoms with Crippen molar-refractivity contribution in [3.8, 4) is 0 Å². The number of rotatable bonds is 7. The van der Waals surface area contributed by atoms with Crippen LogP contribution in [0.25, 0.3) is 0 Å². The second kappa shape index (κ2) is 9.96. The molecule has 6 heteroatoms. The zero-order valence-corrected chi connectivity index (χ0v) is 17.5. The number of nitrogens with one attached hydrogen (secondary N) is 3. The topological polar surface area (TPSA) is 68.8 Å². The van der Waals surface area contributed by atoms with Crippen molar-refractivity contribution < 1.29 is 4.79 Å². The van der Waals surface area contributed by atoms with Crippen LogP contribution in [-0.2, 0) is 4.79 Å². The molecule has 0 fully saturated rings. The van der Waals surface area contributed by atoms with E-state index in [4.69, 9.17) is 0 Å². The van der Waals surface area contributed by atoms with Gasteiger partial charge in [-0.25, -0.2) is 0 Å². The number of aliphatic imine (C=N–C) groups is 1. The summed E-state index contributed by atoms with van der Waals surface area (Å²) < 4.78 is 0. The van der Waals surface area contributed by atoms with Crippen LogP contribution in [0.3, 0.4) is 0 Å². The Kier molecular flexibility index (Phi) is 7.11. The highest BCUT2D eigenvalue weighted by Crippen LogP contribution is 2.31. The van der Waals surface area contributed by atoms with Gasteiger partial charge in [0, 0.05) is 56.9 Å². The van der Waals surface area contributed by atoms with Gasteiger partial charge < -0.3 is 20.9 Å². The van der Waals surface area contributed by atoms with Gasteiger partial charge in [0.2, 0.25) is 5.91 Å². The molecule has 0 spiro atoms. The van der Waals surface area contributed by atoms with Crippen LogP contribution in [0.15, 0.2) is 53.5 Å². The highest BCUT2D eigenvalue weighted by atomic mass is 16.1. The van der Waals surface area contributed by atoms with Gasteiger partial charge in [0.05, 0.1) is 0 Å². The van der Waals surface area contributed by atoms with Crippen LogP contribution in [0.1, 0.15) is 30.4 Å². The summed E-state index contributed by atoms with van der Waals surface area (Å²) in [5, 5.41) is 9.72. The molecule has 0 saturated heterocycles. The van der Waals surface area contributed by atoms with Gasteiger partial charge in [-0.3, -0.25) is 9.79 Å². The van der Waals surface area contributed by atoms with E-state index >= 15 is 0 Å². The van der Waals surface area contributed by atoms with Crippen molar-refractivity contribution in [2.24, 2.45) is 4.99 Å². The van der Waals surface area contributed by atoms with Crippen molar-refractivity contribution in [1.29, 1.82) is 0 Å². The third kappa shape index (κ3) is 5.50. The number of hydrogen-bond donors (Lipinski definition) is 3. The summed E-state index contributed by atoms with van der Waals surface area (Å²) in [6, 6.07) is 16.6. The summed E-state index contributed by atoms with van der Waals surface area (Å²) in [6.07, 6.45) is 0.484. The van der Waals surface area contributed by atoms with Gasteiger partial charge in [-0.1, -0.05) is 30.3 Å². The van der Waals surface area contributed by atoms with E-state index in [2.05, 4.69) is 70.0 Å². The van der Waals surface area contributed by atoms with Crippen LogP contribution < -0.4 is 20.9 Å². The average molecular weight is 394 g/mol. The minimum absolute atomic E-state index is 0.0650. The normalized spacial score (nSPS) is 16.0. The molecule has 154 valence electrons. The number of amides is 1. The molecular formula is C23H31N5O. The molecular weight excluding hydrogens is 362 g/mol. The molecule has 3 N–H and O–H groups in total. The van der Waals surface area contributed by atoms with E-state index < -0.39 is 0 Å². The van der Waals surface area contributed by atoms with Gasteiger partial charge in [0.25, 0.3) is 0 Å². The third-order valence-electron chi connectivity index (χ3n) is 5.27. The van der Waals surface area contributed by atoms with Crippen LogP contribution in [0.5, 0.6) is 0 Å². The number of aryl methyl sites for hydroxylation is 1. The van der Waals surface area contributed by atoms with Crippen LogP contribution in [0.4, 0.5) is 11.4 Å². The fraction of sp³-hybridized carbons (Fsp3) is 0.391. The molecule has 6 nitrogen and oxygen atoms in total. The van der Waals surface area contributed by atoms with Gasteiger partial charge in [-0.05, 0) is 43.2 Å². The SMILES string of the molecule is CCN(CCNC(=NC)NCC1CC(=O)Nc2ccccc21)c1cccc(C)c1. The van der Waals surface area contributed by atoms with Gasteiger partial charge in [-0.2, -0.15) is 0 Å². The molecule has 2 aromatic rings. The Labute approximate surface area is 173 Å². The fourth-order valence-corrected chi connectivity index (χ4v) is 3.73. The Morgan fingerprint density at radius 1 is 1.21 bits per heavy atom. The molecule has 3 rings (SSSR count). The van der Waals surface area contributed by atoms with E-state index in [1.54, 1.807) is 7.05 Å². The Morgan fingerprint density at radius 3 is 2.79 bits per heavy atom. The molecule has 0 bridgehead atoms. The maximum atomic E-state index is 12.0. The predicted octanol–water partition coefficient (Wildman–Crippen LogP) is 3.11. The molecule has 1 amide bonds. The molecule has 29 heavy (non-hydrogen) atoms. The smallest absolute Gasteiger partial charge is 0.225 e. The Bertz CT molecular complexity index is 864. The number of hydrogen-bond acceptors (Lipinski definition) is 3. The first-order valence-electron chi connectivity index (χ1n) is 10.3. The van der Waals surface area contributed by atoms with E-state index in [1.807, 2.05) is 18.2 Å². The molecule has 1 unspecified atom stereocenters. The van der Waals surface area contributed by atoms with Gasteiger partial charge in [0.1, 0.15) is 0 Å². The number of fused-ring (bicyclic) bond motifs is 1. The molecule has 1 atom stereocenters. The summed E-state index contributed by atoms with van der Waals surface area (Å²) in [5.41, 5.74) is 4.59. The molecule has 2 aromatic carbocycles. The number of likely N-dealkylation sites (N-methyl/N-ethyl adjacent to an activating group) is 1. The predicted molar refractivity (Wildman–Crippen MR) is 121 cm³/mol. The minimum Gasteiger partial charge on any atom is -0.370 e. The van der Waals surface area contributed by atoms with Crippen molar-refractivity contribution in [3.05, 3.63) is 59.7 Å². The maximum Gasteiger partial charge on any atom is 0.225 e. The highest BCUT2D eigenvalue weighted by molar-refractivity contribution is 5.94. The van der Waals surface area contributed by atoms with E-state index in [0.29, 0.717) is 13.0 Å². The largest absolute Gasteiger partial charge is 0.370 e. The van der Waals surface area contributed by atoms with Gasteiger partial charge >= 0.3 is 0 Å². The number of nitrogens with zero attached hydrogens (tertiary/aromatic N) is 2. The molecule has 1 aliphatic rings. The van der Waals surface area contributed by atoms with Gasteiger partial charge in [0.15, 0.2) is 5.96 Å². The number of carbonyl (C=O) groups excluding carboxylic acids is 1. The monoisotopic (exact) mass is 393 g/mol. The lowest BCUT2D eigenvalue weighted by Crippen LogP contribution is -2.43. The number of guanidine groups is 1. The summed E-state index contributed by atoms with van der Waals surface area (Å²) in [6.45, 7) is 7.56. The van der Waals surface area contributed by atoms with Crippen molar-refractivity contribution in [2.45, 2.75) is 26.2 Å². The minimum atomic E-state index is 0.0650. The quantitative estimate of drug-likeness (QED) is 0.499. The Hall–Kier alpha value is -3.02. The molecule has 0 aromatic heterocycles. The first-order valence-corrected chi connectivity index (χ1v) is 10.3. The zero-order chi connectivity index (χ0) is 20.6. The maximum absolute atomic E-state index is 12.0. The van der Waals surface area contributed by atoms with Crippen LogP contribution >= 0.6 is 0 Å². The molecule has 1 heterocycles. The second-order valence-electron chi connectivity index (χ2n) is 7.34. The molecule has 0 aliphatic carbocycles. The van der Waals surface area contributed by atoms with E-state index in [0.717, 1.165) is 31.3 Å². The van der Waals surface area contributed by atoms with Crippen LogP contribution in [0, 0.1) is 6.92 Å². The van der Waals surface area contributed by atoms with Crippen LogP contribution in [-0.4, -0.2) is 45.1 Å².